The maximum atomic E-state index is 13.2. The van der Waals surface area contributed by atoms with Gasteiger partial charge in [-0.15, -0.1) is 0 Å². The minimum Gasteiger partial charge on any atom is -0.497 e. The number of nitrogens with one attached hydrogen (secondary N) is 1. The van der Waals surface area contributed by atoms with E-state index < -0.39 is 10.0 Å². The lowest BCUT2D eigenvalue weighted by molar-refractivity contribution is -0.0440. The number of carbonyl (C=O) groups is 1. The van der Waals surface area contributed by atoms with E-state index in [-0.39, 0.29) is 35.5 Å². The van der Waals surface area contributed by atoms with Gasteiger partial charge in [-0.2, -0.15) is 4.31 Å². The van der Waals surface area contributed by atoms with Crippen molar-refractivity contribution >= 4 is 15.8 Å². The van der Waals surface area contributed by atoms with Gasteiger partial charge >= 0.3 is 0 Å². The lowest BCUT2D eigenvalue weighted by Crippen LogP contribution is -2.48. The van der Waals surface area contributed by atoms with E-state index in [4.69, 9.17) is 9.47 Å². The van der Waals surface area contributed by atoms with Crippen molar-refractivity contribution in [3.63, 3.8) is 0 Å². The molecule has 0 aliphatic carbocycles. The number of hydrogen-bond acceptors (Lipinski definition) is 7. The molecule has 1 fully saturated rings. The lowest BCUT2D eigenvalue weighted by atomic mass is 10.0. The molecule has 3 atom stereocenters. The molecule has 36 heavy (non-hydrogen) atoms. The van der Waals surface area contributed by atoms with E-state index in [1.165, 1.54) is 10.4 Å². The summed E-state index contributed by atoms with van der Waals surface area (Å²) in [5.41, 5.74) is 1.52. The Bertz CT molecular complexity index is 1090. The maximum absolute atomic E-state index is 13.2. The van der Waals surface area contributed by atoms with E-state index in [2.05, 4.69) is 24.1 Å². The van der Waals surface area contributed by atoms with Gasteiger partial charge in [-0.25, -0.2) is 8.42 Å². The zero-order valence-corrected chi connectivity index (χ0v) is 22.8. The van der Waals surface area contributed by atoms with Crippen molar-refractivity contribution in [2.45, 2.75) is 50.8 Å². The van der Waals surface area contributed by atoms with Crippen LogP contribution in [0.25, 0.3) is 0 Å². The Balaban J connectivity index is 1.68. The second kappa shape index (κ2) is 12.8. The number of rotatable bonds is 12. The number of likely N-dealkylation sites (N-methyl/N-ethyl adjacent to an activating group) is 1. The van der Waals surface area contributed by atoms with Crippen molar-refractivity contribution in [1.82, 2.24) is 14.5 Å². The number of Topliss-reactive ketones (excluding diaryl/α,β-unsaturated/α-hetero) is 1. The molecule has 1 aliphatic rings. The zero-order chi connectivity index (χ0) is 26.3. The average Bonchev–Trinajstić information content (AvgIpc) is 2.88. The number of carbonyl (C=O) groups excluding carboxylic acids is 1. The Hall–Kier alpha value is -2.30. The van der Waals surface area contributed by atoms with Gasteiger partial charge in [0.1, 0.15) is 5.75 Å². The van der Waals surface area contributed by atoms with Crippen molar-refractivity contribution in [3.05, 3.63) is 59.7 Å². The molecule has 0 radical (unpaired) electrons. The van der Waals surface area contributed by atoms with Gasteiger partial charge < -0.3 is 14.8 Å². The molecule has 1 heterocycles. The summed E-state index contributed by atoms with van der Waals surface area (Å²) in [7, 11) is -2.07. The minimum absolute atomic E-state index is 0.0933. The van der Waals surface area contributed by atoms with Crippen LogP contribution in [0.5, 0.6) is 5.75 Å². The SMILES string of the molecule is CCN(CC)C(CNCC(=O)c1cccc(S(=O)(=O)N2CC(C)OC(C)C2)c1)c1ccc(OC)cc1. The van der Waals surface area contributed by atoms with Crippen LogP contribution in [0.2, 0.25) is 0 Å². The Kier molecular flexibility index (Phi) is 10.0. The maximum Gasteiger partial charge on any atom is 0.243 e. The minimum atomic E-state index is -3.71. The van der Waals surface area contributed by atoms with E-state index in [0.29, 0.717) is 25.2 Å². The highest BCUT2D eigenvalue weighted by Gasteiger charge is 2.32. The van der Waals surface area contributed by atoms with Crippen LogP contribution < -0.4 is 10.1 Å². The van der Waals surface area contributed by atoms with E-state index in [1.807, 2.05) is 38.1 Å². The molecule has 9 heteroatoms. The first-order valence-electron chi connectivity index (χ1n) is 12.6. The molecule has 0 amide bonds. The second-order valence-corrected chi connectivity index (χ2v) is 11.1. The fourth-order valence-corrected chi connectivity index (χ4v) is 6.32. The number of hydrogen-bond donors (Lipinski definition) is 1. The van der Waals surface area contributed by atoms with Crippen LogP contribution in [0.4, 0.5) is 0 Å². The normalized spacial score (nSPS) is 19.8. The largest absolute Gasteiger partial charge is 0.497 e. The van der Waals surface area contributed by atoms with E-state index in [9.17, 15) is 13.2 Å². The highest BCUT2D eigenvalue weighted by molar-refractivity contribution is 7.89. The Morgan fingerprint density at radius 1 is 1.11 bits per heavy atom. The molecule has 1 saturated heterocycles. The molecule has 198 valence electrons. The molecule has 1 N–H and O–H groups in total. The number of sulfonamides is 1. The molecule has 2 aromatic rings. The number of methoxy groups -OCH3 is 1. The summed E-state index contributed by atoms with van der Waals surface area (Å²) in [4.78, 5) is 15.5. The summed E-state index contributed by atoms with van der Waals surface area (Å²) in [6.07, 6.45) is -0.357. The van der Waals surface area contributed by atoms with Crippen molar-refractivity contribution in [2.75, 3.05) is 46.4 Å². The van der Waals surface area contributed by atoms with Crippen LogP contribution >= 0.6 is 0 Å². The zero-order valence-electron chi connectivity index (χ0n) is 21.9. The Labute approximate surface area is 215 Å². The molecule has 1 aliphatic heterocycles. The number of nitrogens with zero attached hydrogens (tertiary/aromatic N) is 2. The van der Waals surface area contributed by atoms with Gasteiger partial charge in [-0.1, -0.05) is 38.1 Å². The van der Waals surface area contributed by atoms with Crippen LogP contribution in [0.1, 0.15) is 49.7 Å². The van der Waals surface area contributed by atoms with Crippen molar-refractivity contribution < 1.29 is 22.7 Å². The Morgan fingerprint density at radius 3 is 2.33 bits per heavy atom. The standard InChI is InChI=1S/C27H39N3O5S/c1-6-29(7-2)26(22-11-13-24(34-5)14-12-22)16-28-17-27(31)23-9-8-10-25(15-23)36(32,33)30-18-20(3)35-21(4)19-30/h8-15,20-21,26,28H,6-7,16-19H2,1-5H3. The van der Waals surface area contributed by atoms with Crippen LogP contribution in [0.3, 0.4) is 0 Å². The number of ketones is 1. The molecule has 3 unspecified atom stereocenters. The van der Waals surface area contributed by atoms with Crippen LogP contribution in [-0.2, 0) is 14.8 Å². The highest BCUT2D eigenvalue weighted by atomic mass is 32.2. The predicted molar refractivity (Wildman–Crippen MR) is 141 cm³/mol. The summed E-state index contributed by atoms with van der Waals surface area (Å²) in [6.45, 7) is 11.0. The van der Waals surface area contributed by atoms with Crippen LogP contribution in [0, 0.1) is 0 Å². The fourth-order valence-electron chi connectivity index (χ4n) is 4.68. The first kappa shape index (κ1) is 28.3. The van der Waals surface area contributed by atoms with E-state index in [0.717, 1.165) is 24.4 Å². The number of morpholine rings is 1. The van der Waals surface area contributed by atoms with Crippen LogP contribution in [0.15, 0.2) is 53.4 Å². The summed E-state index contributed by atoms with van der Waals surface area (Å²) in [5.74, 6) is 0.653. The quantitative estimate of drug-likeness (QED) is 0.432. The summed E-state index contributed by atoms with van der Waals surface area (Å²) < 4.78 is 38.9. The predicted octanol–water partition coefficient (Wildman–Crippen LogP) is 3.35. The summed E-state index contributed by atoms with van der Waals surface area (Å²) in [6, 6.07) is 14.4. The molecule has 0 spiro atoms. The molecule has 2 aromatic carbocycles. The van der Waals surface area contributed by atoms with E-state index >= 15 is 0 Å². The molecule has 8 nitrogen and oxygen atoms in total. The van der Waals surface area contributed by atoms with Gasteiger partial charge in [0.15, 0.2) is 5.78 Å². The second-order valence-electron chi connectivity index (χ2n) is 9.17. The number of benzene rings is 2. The van der Waals surface area contributed by atoms with Crippen LogP contribution in [-0.4, -0.2) is 82.0 Å². The number of ether oxygens (including phenoxy) is 2. The molecule has 0 saturated carbocycles. The third kappa shape index (κ3) is 6.92. The van der Waals surface area contributed by atoms with Gasteiger partial charge in [0.2, 0.25) is 10.0 Å². The van der Waals surface area contributed by atoms with Crippen molar-refractivity contribution in [1.29, 1.82) is 0 Å². The highest BCUT2D eigenvalue weighted by Crippen LogP contribution is 2.24. The first-order valence-corrected chi connectivity index (χ1v) is 14.0. The smallest absolute Gasteiger partial charge is 0.243 e. The summed E-state index contributed by atoms with van der Waals surface area (Å²) >= 11 is 0. The van der Waals surface area contributed by atoms with Crippen molar-refractivity contribution in [2.24, 2.45) is 0 Å². The third-order valence-corrected chi connectivity index (χ3v) is 8.38. The van der Waals surface area contributed by atoms with Gasteiger partial charge in [0, 0.05) is 31.2 Å². The average molecular weight is 518 g/mol. The molecular formula is C27H39N3O5S. The van der Waals surface area contributed by atoms with Gasteiger partial charge in [0.05, 0.1) is 30.8 Å². The van der Waals surface area contributed by atoms with Crippen molar-refractivity contribution in [3.8, 4) is 5.75 Å². The summed E-state index contributed by atoms with van der Waals surface area (Å²) in [5, 5.41) is 3.29. The lowest BCUT2D eigenvalue weighted by Gasteiger charge is -2.34. The Morgan fingerprint density at radius 2 is 1.75 bits per heavy atom. The topological polar surface area (TPSA) is 88.2 Å². The van der Waals surface area contributed by atoms with Gasteiger partial charge in [-0.05, 0) is 56.8 Å². The molecule has 0 aromatic heterocycles. The third-order valence-electron chi connectivity index (χ3n) is 6.56. The van der Waals surface area contributed by atoms with Gasteiger partial charge in [-0.3, -0.25) is 9.69 Å². The first-order chi connectivity index (χ1) is 17.2. The van der Waals surface area contributed by atoms with E-state index in [1.54, 1.807) is 25.3 Å². The molecular weight excluding hydrogens is 478 g/mol. The monoisotopic (exact) mass is 517 g/mol. The molecule has 3 rings (SSSR count). The fraction of sp³-hybridized carbons (Fsp3) is 0.519. The van der Waals surface area contributed by atoms with Gasteiger partial charge in [0.25, 0.3) is 0 Å². The molecule has 0 bridgehead atoms.